The van der Waals surface area contributed by atoms with Gasteiger partial charge in [-0.05, 0) is 24.6 Å². The van der Waals surface area contributed by atoms with Crippen LogP contribution < -0.4 is 0 Å². The first-order valence-corrected chi connectivity index (χ1v) is 5.97. The number of hydrogen-bond donors (Lipinski definition) is 0. The van der Waals surface area contributed by atoms with Crippen molar-refractivity contribution in [2.24, 2.45) is 0 Å². The number of imide groups is 1. The highest BCUT2D eigenvalue weighted by Crippen LogP contribution is 2.26. The lowest BCUT2D eigenvalue weighted by atomic mass is 10.1. The molecule has 0 bridgehead atoms. The number of benzene rings is 1. The van der Waals surface area contributed by atoms with E-state index >= 15 is 0 Å². The highest BCUT2D eigenvalue weighted by molar-refractivity contribution is 9.10. The van der Waals surface area contributed by atoms with Gasteiger partial charge in [0.05, 0.1) is 17.2 Å². The fourth-order valence-electron chi connectivity index (χ4n) is 1.78. The Balaban J connectivity index is 2.24. The molecule has 2 rings (SSSR count). The smallest absolute Gasteiger partial charge is 0.261 e. The Morgan fingerprint density at radius 2 is 1.94 bits per heavy atom. The average Bonchev–Trinajstić information content (AvgIpc) is 2.54. The molecule has 1 aromatic carbocycles. The molecule has 5 heteroatoms. The fraction of sp³-hybridized carbons (Fsp3) is 0.250. The molecule has 1 aromatic rings. The van der Waals surface area contributed by atoms with E-state index in [1.54, 1.807) is 18.2 Å². The van der Waals surface area contributed by atoms with Gasteiger partial charge in [-0.25, -0.2) is 0 Å². The van der Waals surface area contributed by atoms with Crippen molar-refractivity contribution in [1.29, 1.82) is 5.26 Å². The molecule has 0 spiro atoms. The van der Waals surface area contributed by atoms with Gasteiger partial charge in [-0.3, -0.25) is 14.5 Å². The van der Waals surface area contributed by atoms with E-state index in [1.165, 1.54) is 4.90 Å². The summed E-state index contributed by atoms with van der Waals surface area (Å²) in [5, 5.41) is 8.44. The van der Waals surface area contributed by atoms with Crippen molar-refractivity contribution >= 4 is 27.7 Å². The van der Waals surface area contributed by atoms with Gasteiger partial charge in [0.2, 0.25) is 0 Å². The first kappa shape index (κ1) is 11.8. The molecule has 0 N–H and O–H groups in total. The zero-order valence-electron chi connectivity index (χ0n) is 8.94. The molecule has 0 aromatic heterocycles. The maximum Gasteiger partial charge on any atom is 0.261 e. The Labute approximate surface area is 107 Å². The van der Waals surface area contributed by atoms with Crippen LogP contribution in [0, 0.1) is 11.3 Å². The van der Waals surface area contributed by atoms with E-state index < -0.39 is 0 Å². The Morgan fingerprint density at radius 3 is 2.65 bits per heavy atom. The number of amides is 2. The van der Waals surface area contributed by atoms with E-state index in [-0.39, 0.29) is 11.8 Å². The van der Waals surface area contributed by atoms with Gasteiger partial charge in [-0.15, -0.1) is 0 Å². The first-order chi connectivity index (χ1) is 8.15. The third-order valence-corrected chi connectivity index (χ3v) is 3.10. The van der Waals surface area contributed by atoms with Crippen LogP contribution >= 0.6 is 15.9 Å². The maximum atomic E-state index is 12.0. The number of hydrogen-bond acceptors (Lipinski definition) is 3. The molecule has 0 fully saturated rings. The second-order valence-corrected chi connectivity index (χ2v) is 4.63. The highest BCUT2D eigenvalue weighted by atomic mass is 79.9. The van der Waals surface area contributed by atoms with E-state index in [2.05, 4.69) is 15.9 Å². The van der Waals surface area contributed by atoms with Crippen LogP contribution in [-0.2, 0) is 0 Å². The predicted molar refractivity (Wildman–Crippen MR) is 64.4 cm³/mol. The van der Waals surface area contributed by atoms with Crippen LogP contribution in [0.5, 0.6) is 0 Å². The lowest BCUT2D eigenvalue weighted by Gasteiger charge is -2.11. The minimum absolute atomic E-state index is 0.268. The zero-order valence-corrected chi connectivity index (χ0v) is 10.5. The van der Waals surface area contributed by atoms with Gasteiger partial charge in [-0.2, -0.15) is 5.26 Å². The van der Waals surface area contributed by atoms with E-state index in [4.69, 9.17) is 5.26 Å². The summed E-state index contributed by atoms with van der Waals surface area (Å²) < 4.78 is 0.774. The van der Waals surface area contributed by atoms with Crippen LogP contribution in [0.2, 0.25) is 0 Å². The normalized spacial score (nSPS) is 13.8. The number of rotatable bonds is 3. The van der Waals surface area contributed by atoms with E-state index in [1.807, 2.05) is 6.07 Å². The SMILES string of the molecule is N#CCCCN1C(=O)c2ccc(Br)cc2C1=O. The lowest BCUT2D eigenvalue weighted by molar-refractivity contribution is 0.0653. The molecule has 0 unspecified atom stereocenters. The number of nitriles is 1. The molecule has 86 valence electrons. The monoisotopic (exact) mass is 292 g/mol. The summed E-state index contributed by atoms with van der Waals surface area (Å²) in [6, 6.07) is 7.03. The Kier molecular flexibility index (Phi) is 3.25. The number of fused-ring (bicyclic) bond motifs is 1. The van der Waals surface area contributed by atoms with Gasteiger partial charge in [-0.1, -0.05) is 15.9 Å². The lowest BCUT2D eigenvalue weighted by Crippen LogP contribution is -2.30. The predicted octanol–water partition coefficient (Wildman–Crippen LogP) is 2.35. The molecular weight excluding hydrogens is 284 g/mol. The Morgan fingerprint density at radius 1 is 1.24 bits per heavy atom. The van der Waals surface area contributed by atoms with Gasteiger partial charge in [0.25, 0.3) is 11.8 Å². The molecule has 2 amide bonds. The van der Waals surface area contributed by atoms with Crippen LogP contribution in [0.1, 0.15) is 33.6 Å². The molecule has 0 radical (unpaired) electrons. The second-order valence-electron chi connectivity index (χ2n) is 3.71. The summed E-state index contributed by atoms with van der Waals surface area (Å²) in [6.07, 6.45) is 0.861. The van der Waals surface area contributed by atoms with Gasteiger partial charge in [0, 0.05) is 17.4 Å². The van der Waals surface area contributed by atoms with Crippen LogP contribution in [0.3, 0.4) is 0 Å². The molecule has 1 aliphatic rings. The maximum absolute atomic E-state index is 12.0. The summed E-state index contributed by atoms with van der Waals surface area (Å²) in [6.45, 7) is 0.303. The number of carbonyl (C=O) groups excluding carboxylic acids is 2. The zero-order chi connectivity index (χ0) is 12.4. The second kappa shape index (κ2) is 4.68. The Bertz CT molecular complexity index is 534. The van der Waals surface area contributed by atoms with Crippen molar-refractivity contribution in [1.82, 2.24) is 4.90 Å². The van der Waals surface area contributed by atoms with Crippen molar-refractivity contribution in [3.63, 3.8) is 0 Å². The van der Waals surface area contributed by atoms with Crippen LogP contribution in [0.15, 0.2) is 22.7 Å². The average molecular weight is 293 g/mol. The summed E-state index contributed by atoms with van der Waals surface area (Å²) in [5.74, 6) is -0.542. The van der Waals surface area contributed by atoms with Crippen LogP contribution in [0.25, 0.3) is 0 Å². The quantitative estimate of drug-likeness (QED) is 0.635. The van der Waals surface area contributed by atoms with E-state index in [0.717, 1.165) is 4.47 Å². The number of unbranched alkanes of at least 4 members (excludes halogenated alkanes) is 1. The van der Waals surface area contributed by atoms with Gasteiger partial charge < -0.3 is 0 Å². The highest BCUT2D eigenvalue weighted by Gasteiger charge is 2.34. The van der Waals surface area contributed by atoms with Crippen molar-refractivity contribution in [3.05, 3.63) is 33.8 Å². The van der Waals surface area contributed by atoms with Crippen LogP contribution in [0.4, 0.5) is 0 Å². The molecule has 0 saturated heterocycles. The standard InChI is InChI=1S/C12H9BrN2O2/c13-8-3-4-9-10(7-8)12(17)15(11(9)16)6-2-1-5-14/h3-4,7H,1-2,6H2. The molecule has 17 heavy (non-hydrogen) atoms. The molecule has 0 atom stereocenters. The summed E-state index contributed by atoms with van der Waals surface area (Å²) in [7, 11) is 0. The van der Waals surface area contributed by atoms with Crippen molar-refractivity contribution in [2.75, 3.05) is 6.54 Å². The summed E-state index contributed by atoms with van der Waals surface area (Å²) >= 11 is 3.27. The number of halogens is 1. The third kappa shape index (κ3) is 2.08. The van der Waals surface area contributed by atoms with E-state index in [9.17, 15) is 9.59 Å². The minimum atomic E-state index is -0.274. The molecule has 1 heterocycles. The van der Waals surface area contributed by atoms with E-state index in [0.29, 0.717) is 30.5 Å². The first-order valence-electron chi connectivity index (χ1n) is 5.18. The fourth-order valence-corrected chi connectivity index (χ4v) is 2.14. The molecular formula is C12H9BrN2O2. The van der Waals surface area contributed by atoms with Gasteiger partial charge >= 0.3 is 0 Å². The Hall–Kier alpha value is -1.67. The largest absolute Gasteiger partial charge is 0.274 e. The number of carbonyl (C=O) groups is 2. The minimum Gasteiger partial charge on any atom is -0.274 e. The number of nitrogens with zero attached hydrogens (tertiary/aromatic N) is 2. The van der Waals surface area contributed by atoms with Gasteiger partial charge in [0.1, 0.15) is 0 Å². The summed E-state index contributed by atoms with van der Waals surface area (Å²) in [4.78, 5) is 25.1. The molecule has 1 aliphatic heterocycles. The van der Waals surface area contributed by atoms with Crippen molar-refractivity contribution in [3.8, 4) is 6.07 Å². The molecule has 0 aliphatic carbocycles. The van der Waals surface area contributed by atoms with Crippen molar-refractivity contribution < 1.29 is 9.59 Å². The summed E-state index contributed by atoms with van der Waals surface area (Å²) in [5.41, 5.74) is 0.872. The van der Waals surface area contributed by atoms with Crippen molar-refractivity contribution in [2.45, 2.75) is 12.8 Å². The van der Waals surface area contributed by atoms with Gasteiger partial charge in [0.15, 0.2) is 0 Å². The molecule has 0 saturated carbocycles. The molecule has 4 nitrogen and oxygen atoms in total. The third-order valence-electron chi connectivity index (χ3n) is 2.60. The van der Waals surface area contributed by atoms with Crippen LogP contribution in [-0.4, -0.2) is 23.3 Å². The topological polar surface area (TPSA) is 61.2 Å².